The highest BCUT2D eigenvalue weighted by Crippen LogP contribution is 2.23. The third-order valence-electron chi connectivity index (χ3n) is 3.26. The van der Waals surface area contributed by atoms with Gasteiger partial charge in [-0.1, -0.05) is 0 Å². The number of rotatable bonds is 2. The number of hydrogen-bond donors (Lipinski definition) is 1. The van der Waals surface area contributed by atoms with Gasteiger partial charge in [-0.15, -0.1) is 0 Å². The van der Waals surface area contributed by atoms with Gasteiger partial charge in [0, 0.05) is 12.6 Å². The molecule has 1 unspecified atom stereocenters. The lowest BCUT2D eigenvalue weighted by molar-refractivity contribution is 0.559. The maximum Gasteiger partial charge on any atom is 0.107 e. The van der Waals surface area contributed by atoms with Crippen molar-refractivity contribution in [3.63, 3.8) is 0 Å². The average molecular weight is 217 g/mol. The molecule has 1 atom stereocenters. The standard InChI is InChI=1S/C13H19N3/c1-8-5-12-13(6-9(8)2)16(10(3)7-14)11(4)15-12/h5-6,10H,7,14H2,1-4H3. The molecular weight excluding hydrogens is 198 g/mol. The second kappa shape index (κ2) is 3.91. The van der Waals surface area contributed by atoms with Gasteiger partial charge in [0.25, 0.3) is 0 Å². The van der Waals surface area contributed by atoms with E-state index in [-0.39, 0.29) is 0 Å². The number of nitrogens with two attached hydrogens (primary N) is 1. The Morgan fingerprint density at radius 1 is 1.25 bits per heavy atom. The fourth-order valence-electron chi connectivity index (χ4n) is 2.13. The zero-order chi connectivity index (χ0) is 11.9. The summed E-state index contributed by atoms with van der Waals surface area (Å²) in [7, 11) is 0. The summed E-state index contributed by atoms with van der Waals surface area (Å²) in [5.74, 6) is 1.04. The molecule has 2 aromatic rings. The van der Waals surface area contributed by atoms with Gasteiger partial charge in [0.15, 0.2) is 0 Å². The first kappa shape index (κ1) is 11.1. The molecule has 0 aliphatic carbocycles. The third-order valence-corrected chi connectivity index (χ3v) is 3.26. The van der Waals surface area contributed by atoms with E-state index in [4.69, 9.17) is 5.73 Å². The van der Waals surface area contributed by atoms with Gasteiger partial charge in [0.1, 0.15) is 5.82 Å². The molecule has 0 aliphatic rings. The topological polar surface area (TPSA) is 43.8 Å². The van der Waals surface area contributed by atoms with E-state index in [1.807, 2.05) is 6.92 Å². The Labute approximate surface area is 96.3 Å². The van der Waals surface area contributed by atoms with E-state index >= 15 is 0 Å². The lowest BCUT2D eigenvalue weighted by Crippen LogP contribution is -2.17. The van der Waals surface area contributed by atoms with Gasteiger partial charge in [-0.3, -0.25) is 0 Å². The predicted molar refractivity (Wildman–Crippen MR) is 67.7 cm³/mol. The smallest absolute Gasteiger partial charge is 0.107 e. The van der Waals surface area contributed by atoms with Crippen LogP contribution in [0.25, 0.3) is 11.0 Å². The molecule has 86 valence electrons. The number of nitrogens with zero attached hydrogens (tertiary/aromatic N) is 2. The van der Waals surface area contributed by atoms with Crippen LogP contribution in [0.5, 0.6) is 0 Å². The molecule has 2 N–H and O–H groups in total. The van der Waals surface area contributed by atoms with Gasteiger partial charge in [0.2, 0.25) is 0 Å². The Morgan fingerprint density at radius 2 is 1.88 bits per heavy atom. The van der Waals surface area contributed by atoms with Crippen molar-refractivity contribution in [1.29, 1.82) is 0 Å². The maximum absolute atomic E-state index is 5.74. The van der Waals surface area contributed by atoms with Crippen LogP contribution in [0.4, 0.5) is 0 Å². The van der Waals surface area contributed by atoms with Crippen molar-refractivity contribution in [2.45, 2.75) is 33.7 Å². The van der Waals surface area contributed by atoms with E-state index in [1.54, 1.807) is 0 Å². The van der Waals surface area contributed by atoms with Crippen LogP contribution < -0.4 is 5.73 Å². The minimum Gasteiger partial charge on any atom is -0.328 e. The summed E-state index contributed by atoms with van der Waals surface area (Å²) in [5.41, 5.74) is 10.6. The summed E-state index contributed by atoms with van der Waals surface area (Å²) in [6.07, 6.45) is 0. The fourth-order valence-corrected chi connectivity index (χ4v) is 2.13. The van der Waals surface area contributed by atoms with E-state index in [2.05, 4.69) is 42.5 Å². The first-order valence-electron chi connectivity index (χ1n) is 5.70. The van der Waals surface area contributed by atoms with E-state index in [9.17, 15) is 0 Å². The third kappa shape index (κ3) is 1.61. The maximum atomic E-state index is 5.74. The van der Waals surface area contributed by atoms with Crippen LogP contribution in [0.15, 0.2) is 12.1 Å². The summed E-state index contributed by atoms with van der Waals surface area (Å²) in [5, 5.41) is 0. The first-order valence-corrected chi connectivity index (χ1v) is 5.70. The second-order valence-electron chi connectivity index (χ2n) is 4.54. The molecule has 1 heterocycles. The Balaban J connectivity index is 2.73. The van der Waals surface area contributed by atoms with Crippen molar-refractivity contribution < 1.29 is 0 Å². The van der Waals surface area contributed by atoms with Crippen molar-refractivity contribution in [3.8, 4) is 0 Å². The number of benzene rings is 1. The Hall–Kier alpha value is -1.35. The van der Waals surface area contributed by atoms with Gasteiger partial charge in [-0.2, -0.15) is 0 Å². The Bertz CT molecular complexity index is 525. The van der Waals surface area contributed by atoms with Crippen molar-refractivity contribution in [1.82, 2.24) is 9.55 Å². The number of imidazole rings is 1. The van der Waals surface area contributed by atoms with Crippen molar-refractivity contribution in [3.05, 3.63) is 29.1 Å². The second-order valence-corrected chi connectivity index (χ2v) is 4.54. The van der Waals surface area contributed by atoms with Gasteiger partial charge in [-0.05, 0) is 51.0 Å². The van der Waals surface area contributed by atoms with Crippen LogP contribution >= 0.6 is 0 Å². The number of hydrogen-bond acceptors (Lipinski definition) is 2. The van der Waals surface area contributed by atoms with Crippen LogP contribution in [0, 0.1) is 20.8 Å². The summed E-state index contributed by atoms with van der Waals surface area (Å²) < 4.78 is 2.22. The summed E-state index contributed by atoms with van der Waals surface area (Å²) in [6, 6.07) is 4.65. The lowest BCUT2D eigenvalue weighted by Gasteiger charge is -2.14. The molecule has 0 spiro atoms. The molecule has 0 radical (unpaired) electrons. The van der Waals surface area contributed by atoms with Crippen LogP contribution in [0.3, 0.4) is 0 Å². The van der Waals surface area contributed by atoms with Crippen LogP contribution in [-0.4, -0.2) is 16.1 Å². The van der Waals surface area contributed by atoms with E-state index < -0.39 is 0 Å². The molecule has 0 saturated heterocycles. The summed E-state index contributed by atoms with van der Waals surface area (Å²) in [6.45, 7) is 9.06. The molecular formula is C13H19N3. The quantitative estimate of drug-likeness (QED) is 0.839. The largest absolute Gasteiger partial charge is 0.328 e. The molecule has 0 bridgehead atoms. The van der Waals surface area contributed by atoms with Crippen LogP contribution in [0.2, 0.25) is 0 Å². The molecule has 0 saturated carbocycles. The van der Waals surface area contributed by atoms with E-state index in [1.165, 1.54) is 16.6 Å². The van der Waals surface area contributed by atoms with Gasteiger partial charge < -0.3 is 10.3 Å². The Kier molecular flexibility index (Phi) is 2.72. The minimum atomic E-state index is 0.298. The molecule has 1 aromatic heterocycles. The number of fused-ring (bicyclic) bond motifs is 1. The highest BCUT2D eigenvalue weighted by atomic mass is 15.1. The summed E-state index contributed by atoms with van der Waals surface area (Å²) >= 11 is 0. The van der Waals surface area contributed by atoms with Crippen LogP contribution in [0.1, 0.15) is 29.9 Å². The van der Waals surface area contributed by atoms with Gasteiger partial charge in [0.05, 0.1) is 11.0 Å². The molecule has 0 aliphatic heterocycles. The Morgan fingerprint density at radius 3 is 2.50 bits per heavy atom. The number of aromatic nitrogens is 2. The molecule has 0 amide bonds. The first-order chi connectivity index (χ1) is 7.54. The average Bonchev–Trinajstić information content (AvgIpc) is 2.54. The van der Waals surface area contributed by atoms with Crippen molar-refractivity contribution in [2.24, 2.45) is 5.73 Å². The SMILES string of the molecule is Cc1cc2nc(C)n(C(C)CN)c2cc1C. The molecule has 3 heteroatoms. The molecule has 16 heavy (non-hydrogen) atoms. The van der Waals surface area contributed by atoms with Crippen LogP contribution in [-0.2, 0) is 0 Å². The van der Waals surface area contributed by atoms with Crippen molar-refractivity contribution >= 4 is 11.0 Å². The fraction of sp³-hybridized carbons (Fsp3) is 0.462. The normalized spacial score (nSPS) is 13.3. The highest BCUT2D eigenvalue weighted by molar-refractivity contribution is 5.78. The predicted octanol–water partition coefficient (Wildman–Crippen LogP) is 2.48. The lowest BCUT2D eigenvalue weighted by atomic mass is 10.1. The zero-order valence-corrected chi connectivity index (χ0v) is 10.4. The summed E-state index contributed by atoms with van der Waals surface area (Å²) in [4.78, 5) is 4.59. The van der Waals surface area contributed by atoms with E-state index in [0.29, 0.717) is 12.6 Å². The molecule has 3 nitrogen and oxygen atoms in total. The van der Waals surface area contributed by atoms with Gasteiger partial charge >= 0.3 is 0 Å². The zero-order valence-electron chi connectivity index (χ0n) is 10.4. The molecule has 0 fully saturated rings. The molecule has 2 rings (SSSR count). The van der Waals surface area contributed by atoms with E-state index in [0.717, 1.165) is 11.3 Å². The molecule has 1 aromatic carbocycles. The van der Waals surface area contributed by atoms with Crippen molar-refractivity contribution in [2.75, 3.05) is 6.54 Å². The van der Waals surface area contributed by atoms with Gasteiger partial charge in [-0.25, -0.2) is 4.98 Å². The highest BCUT2D eigenvalue weighted by Gasteiger charge is 2.12. The number of aryl methyl sites for hydroxylation is 3. The monoisotopic (exact) mass is 217 g/mol. The minimum absolute atomic E-state index is 0.298.